The molecule has 0 aliphatic carbocycles. The van der Waals surface area contributed by atoms with Gasteiger partial charge in [0.25, 0.3) is 0 Å². The second kappa shape index (κ2) is 33.5. The first-order chi connectivity index (χ1) is 33.8. The van der Waals surface area contributed by atoms with Crippen LogP contribution in [-0.4, -0.2) is 70.1 Å². The van der Waals surface area contributed by atoms with Crippen LogP contribution in [0.25, 0.3) is 0 Å². The first-order valence-corrected chi connectivity index (χ1v) is 24.2. The summed E-state index contributed by atoms with van der Waals surface area (Å²) in [6.45, 7) is 12.1. The Bertz CT molecular complexity index is 2220. The highest BCUT2D eigenvalue weighted by Gasteiger charge is 2.18. The molecule has 12 heteroatoms. The van der Waals surface area contributed by atoms with E-state index in [4.69, 9.17) is 37.9 Å². The SMILES string of the molecule is C=CC(=O)OCCCCCCOc1ccc(C#Cc2ccc(OCCCCCCOc3ccc(OC(=O)c4ccc(OCCCCCCOC(=O)C=C)cc4)cc3C(=O)OCCCCC)cc2)cc1. The fraction of sp³-hybridized carbons (Fsp3) is 0.404. The van der Waals surface area contributed by atoms with Gasteiger partial charge in [0.1, 0.15) is 34.3 Å². The van der Waals surface area contributed by atoms with Crippen LogP contribution in [0.3, 0.4) is 0 Å². The van der Waals surface area contributed by atoms with Crippen molar-refractivity contribution < 1.29 is 57.1 Å². The monoisotopic (exact) mass is 944 g/mol. The Kier molecular flexibility index (Phi) is 26.5. The average molecular weight is 945 g/mol. The summed E-state index contributed by atoms with van der Waals surface area (Å²) in [6.07, 6.45) is 15.7. The molecule has 0 amide bonds. The molecular weight excluding hydrogens is 877 g/mol. The van der Waals surface area contributed by atoms with Gasteiger partial charge in [-0.15, -0.1) is 0 Å². The van der Waals surface area contributed by atoms with E-state index in [0.29, 0.717) is 56.7 Å². The first-order valence-electron chi connectivity index (χ1n) is 24.2. The fourth-order valence-electron chi connectivity index (χ4n) is 6.61. The molecule has 69 heavy (non-hydrogen) atoms. The van der Waals surface area contributed by atoms with Crippen molar-refractivity contribution in [3.63, 3.8) is 0 Å². The van der Waals surface area contributed by atoms with Gasteiger partial charge in [-0.2, -0.15) is 0 Å². The number of carbonyl (C=O) groups excluding carboxylic acids is 4. The summed E-state index contributed by atoms with van der Waals surface area (Å²) in [5.41, 5.74) is 2.32. The van der Waals surface area contributed by atoms with Crippen LogP contribution in [-0.2, 0) is 23.8 Å². The van der Waals surface area contributed by atoms with Crippen molar-refractivity contribution in [2.75, 3.05) is 46.2 Å². The standard InChI is InChI=1S/C57H68O12/c1-4-7-14-43-68-57(61)52-44-51(69-56(60)47-27-33-50(34-28-47)64-39-17-10-13-20-42-67-55(59)6-3)35-36-53(52)65-40-18-11-8-15-37-62-48-29-23-45(24-30-48)21-22-46-25-31-49(32-26-46)63-38-16-9-12-19-41-66-54(58)5-2/h5-6,23-36,44H,2-4,7-20,37-43H2,1H3. The zero-order chi connectivity index (χ0) is 49.2. The molecule has 0 fully saturated rings. The minimum Gasteiger partial charge on any atom is -0.494 e. The molecule has 0 spiro atoms. The number of benzene rings is 4. The maximum Gasteiger partial charge on any atom is 0.343 e. The van der Waals surface area contributed by atoms with Gasteiger partial charge in [-0.05, 0) is 174 Å². The van der Waals surface area contributed by atoms with Gasteiger partial charge in [0, 0.05) is 23.3 Å². The van der Waals surface area contributed by atoms with E-state index in [9.17, 15) is 19.2 Å². The molecule has 0 saturated carbocycles. The molecule has 0 heterocycles. The van der Waals surface area contributed by atoms with Crippen molar-refractivity contribution in [1.82, 2.24) is 0 Å². The van der Waals surface area contributed by atoms with Gasteiger partial charge in [-0.1, -0.05) is 44.8 Å². The highest BCUT2D eigenvalue weighted by atomic mass is 16.5. The molecule has 0 aliphatic rings. The highest BCUT2D eigenvalue weighted by Crippen LogP contribution is 2.27. The quantitative estimate of drug-likeness (QED) is 0.0110. The maximum absolute atomic E-state index is 13.2. The van der Waals surface area contributed by atoms with Gasteiger partial charge in [0.05, 0.1) is 51.8 Å². The number of unbranched alkanes of at least 4 members (excludes halogenated alkanes) is 11. The summed E-state index contributed by atoms with van der Waals surface area (Å²) < 4.78 is 44.9. The highest BCUT2D eigenvalue weighted by molar-refractivity contribution is 5.94. The molecule has 4 aromatic carbocycles. The normalized spacial score (nSPS) is 10.4. The van der Waals surface area contributed by atoms with Crippen LogP contribution >= 0.6 is 0 Å². The number of hydrogen-bond acceptors (Lipinski definition) is 12. The van der Waals surface area contributed by atoms with E-state index in [1.807, 2.05) is 48.5 Å². The lowest BCUT2D eigenvalue weighted by Gasteiger charge is -2.13. The van der Waals surface area contributed by atoms with Gasteiger partial charge < -0.3 is 37.9 Å². The van der Waals surface area contributed by atoms with Crippen molar-refractivity contribution in [1.29, 1.82) is 0 Å². The third-order valence-corrected chi connectivity index (χ3v) is 10.5. The lowest BCUT2D eigenvalue weighted by atomic mass is 10.1. The zero-order valence-corrected chi connectivity index (χ0v) is 40.2. The minimum absolute atomic E-state index is 0.200. The van der Waals surface area contributed by atoms with E-state index >= 15 is 0 Å². The van der Waals surface area contributed by atoms with Gasteiger partial charge in [-0.3, -0.25) is 0 Å². The summed E-state index contributed by atoms with van der Waals surface area (Å²) in [6, 6.07) is 26.9. The lowest BCUT2D eigenvalue weighted by molar-refractivity contribution is -0.138. The summed E-state index contributed by atoms with van der Waals surface area (Å²) in [4.78, 5) is 48.4. The molecule has 0 saturated heterocycles. The number of carbonyl (C=O) groups is 4. The Labute approximate surface area is 408 Å². The summed E-state index contributed by atoms with van der Waals surface area (Å²) in [7, 11) is 0. The second-order valence-electron chi connectivity index (χ2n) is 16.1. The van der Waals surface area contributed by atoms with Gasteiger partial charge in [0.2, 0.25) is 0 Å². The van der Waals surface area contributed by atoms with E-state index in [0.717, 1.165) is 125 Å². The third kappa shape index (κ3) is 23.0. The number of hydrogen-bond donors (Lipinski definition) is 0. The molecule has 0 atom stereocenters. The van der Waals surface area contributed by atoms with Crippen molar-refractivity contribution >= 4 is 23.9 Å². The van der Waals surface area contributed by atoms with E-state index in [-0.39, 0.29) is 23.9 Å². The molecular formula is C57H68O12. The average Bonchev–Trinajstić information content (AvgIpc) is 3.37. The number of esters is 4. The summed E-state index contributed by atoms with van der Waals surface area (Å²) in [5.74, 6) is 7.30. The molecule has 0 aliphatic heterocycles. The van der Waals surface area contributed by atoms with Crippen molar-refractivity contribution in [3.05, 3.63) is 139 Å². The number of ether oxygens (including phenoxy) is 8. The topological polar surface area (TPSA) is 142 Å². The van der Waals surface area contributed by atoms with Gasteiger partial charge in [-0.25, -0.2) is 19.2 Å². The van der Waals surface area contributed by atoms with Crippen molar-refractivity contribution in [2.45, 2.75) is 103 Å². The molecule has 12 nitrogen and oxygen atoms in total. The van der Waals surface area contributed by atoms with Crippen LogP contribution < -0.4 is 23.7 Å². The summed E-state index contributed by atoms with van der Waals surface area (Å²) >= 11 is 0. The van der Waals surface area contributed by atoms with Gasteiger partial charge in [0.15, 0.2) is 0 Å². The Morgan fingerprint density at radius 1 is 0.435 bits per heavy atom. The summed E-state index contributed by atoms with van der Waals surface area (Å²) in [5, 5.41) is 0. The Morgan fingerprint density at radius 2 is 0.826 bits per heavy atom. The molecule has 4 rings (SSSR count). The van der Waals surface area contributed by atoms with Crippen molar-refractivity contribution in [3.8, 4) is 40.6 Å². The molecule has 0 unspecified atom stereocenters. The van der Waals surface area contributed by atoms with Crippen LogP contribution in [0.5, 0.6) is 28.7 Å². The Hall–Kier alpha value is -7.00. The predicted molar refractivity (Wildman–Crippen MR) is 266 cm³/mol. The van der Waals surface area contributed by atoms with E-state index < -0.39 is 17.9 Å². The minimum atomic E-state index is -0.575. The zero-order valence-electron chi connectivity index (χ0n) is 40.2. The molecule has 0 bridgehead atoms. The van der Waals surface area contributed by atoms with Crippen LogP contribution in [0.4, 0.5) is 0 Å². The maximum atomic E-state index is 13.2. The molecule has 368 valence electrons. The fourth-order valence-corrected chi connectivity index (χ4v) is 6.61. The van der Waals surface area contributed by atoms with E-state index in [1.165, 1.54) is 12.1 Å². The molecule has 0 radical (unpaired) electrons. The molecule has 0 N–H and O–H groups in total. The lowest BCUT2D eigenvalue weighted by Crippen LogP contribution is -2.12. The smallest absolute Gasteiger partial charge is 0.343 e. The van der Waals surface area contributed by atoms with Crippen LogP contribution in [0.15, 0.2) is 116 Å². The van der Waals surface area contributed by atoms with E-state index in [2.05, 4.69) is 31.9 Å². The van der Waals surface area contributed by atoms with Gasteiger partial charge >= 0.3 is 23.9 Å². The molecule has 4 aromatic rings. The van der Waals surface area contributed by atoms with Crippen molar-refractivity contribution in [2.24, 2.45) is 0 Å². The third-order valence-electron chi connectivity index (χ3n) is 10.5. The Balaban J connectivity index is 1.12. The Morgan fingerprint density at radius 3 is 1.28 bits per heavy atom. The second-order valence-corrected chi connectivity index (χ2v) is 16.1. The molecule has 0 aromatic heterocycles. The van der Waals surface area contributed by atoms with E-state index in [1.54, 1.807) is 36.4 Å². The van der Waals surface area contributed by atoms with Crippen LogP contribution in [0, 0.1) is 11.8 Å². The van der Waals surface area contributed by atoms with Crippen LogP contribution in [0.2, 0.25) is 0 Å². The largest absolute Gasteiger partial charge is 0.494 e. The predicted octanol–water partition coefficient (Wildman–Crippen LogP) is 12.0. The number of rotatable bonds is 34. The first kappa shape index (κ1) is 54.6. The van der Waals surface area contributed by atoms with Crippen LogP contribution in [0.1, 0.15) is 135 Å².